The second-order valence-corrected chi connectivity index (χ2v) is 8.36. The molecule has 3 heteroatoms. The molecule has 0 amide bonds. The van der Waals surface area contributed by atoms with Crippen LogP contribution in [0.4, 0.5) is 0 Å². The van der Waals surface area contributed by atoms with Crippen LogP contribution in [0, 0.1) is 23.7 Å². The summed E-state index contributed by atoms with van der Waals surface area (Å²) in [5.41, 5.74) is 0.753. The van der Waals surface area contributed by atoms with Crippen molar-refractivity contribution in [3.8, 4) is 0 Å². The van der Waals surface area contributed by atoms with E-state index in [9.17, 15) is 4.79 Å². The minimum atomic E-state index is -0.248. The first kappa shape index (κ1) is 11.7. The zero-order chi connectivity index (χ0) is 13.3. The highest BCUT2D eigenvalue weighted by atomic mass is 32.2. The minimum Gasteiger partial charge on any atom is -0.444 e. The van der Waals surface area contributed by atoms with Gasteiger partial charge < -0.3 is 4.74 Å². The number of ether oxygens (including phenoxy) is 1. The molecule has 0 radical (unpaired) electrons. The number of benzene rings is 1. The molecule has 3 saturated carbocycles. The average Bonchev–Trinajstić information content (AvgIpc) is 3.10. The molecule has 20 heavy (non-hydrogen) atoms. The first-order valence-electron chi connectivity index (χ1n) is 7.75. The Morgan fingerprint density at radius 2 is 1.80 bits per heavy atom. The van der Waals surface area contributed by atoms with Gasteiger partial charge in [0.2, 0.25) is 0 Å². The Morgan fingerprint density at radius 1 is 1.10 bits per heavy atom. The third kappa shape index (κ3) is 1.45. The second-order valence-electron chi connectivity index (χ2n) is 6.97. The molecule has 1 aromatic carbocycles. The molecule has 4 atom stereocenters. The molecular weight excluding hydrogens is 268 g/mol. The summed E-state index contributed by atoms with van der Waals surface area (Å²) in [4.78, 5) is 13.2. The molecule has 2 nitrogen and oxygen atoms in total. The lowest BCUT2D eigenvalue weighted by molar-refractivity contribution is 0.0162. The second kappa shape index (κ2) is 3.82. The Bertz CT molecular complexity index is 578. The molecule has 0 saturated heterocycles. The van der Waals surface area contributed by atoms with E-state index < -0.39 is 0 Å². The van der Waals surface area contributed by atoms with Gasteiger partial charge in [-0.3, -0.25) is 0 Å². The van der Waals surface area contributed by atoms with Crippen LogP contribution in [0.1, 0.15) is 42.5 Å². The number of hydrogen-bond donors (Lipinski definition) is 0. The van der Waals surface area contributed by atoms with E-state index in [-0.39, 0.29) is 10.9 Å². The molecule has 4 unspecified atom stereocenters. The smallest absolute Gasteiger partial charge is 0.340 e. The number of hydrogen-bond acceptors (Lipinski definition) is 3. The SMILES string of the molecule is O=C1OC2(CC3C4CCC(C4)C3C2)Sc2ccccc21. The molecule has 1 heterocycles. The van der Waals surface area contributed by atoms with Crippen LogP contribution in [-0.2, 0) is 4.74 Å². The summed E-state index contributed by atoms with van der Waals surface area (Å²) < 4.78 is 5.95. The average molecular weight is 286 g/mol. The van der Waals surface area contributed by atoms with Crippen LogP contribution in [0.2, 0.25) is 0 Å². The maximum absolute atomic E-state index is 12.3. The Hall–Kier alpha value is -0.960. The molecule has 0 N–H and O–H groups in total. The van der Waals surface area contributed by atoms with Crippen molar-refractivity contribution in [2.45, 2.75) is 41.9 Å². The fraction of sp³-hybridized carbons (Fsp3) is 0.588. The number of esters is 1. The number of rotatable bonds is 0. The lowest BCUT2D eigenvalue weighted by Crippen LogP contribution is -2.33. The van der Waals surface area contributed by atoms with Gasteiger partial charge in [-0.1, -0.05) is 23.9 Å². The standard InChI is InChI=1S/C17H18O2S/c18-16-12-3-1-2-4-15(12)20-17(19-16)8-13-10-5-6-11(7-10)14(13)9-17/h1-4,10-11,13-14H,5-9H2. The van der Waals surface area contributed by atoms with Gasteiger partial charge in [-0.05, 0) is 55.1 Å². The minimum absolute atomic E-state index is 0.105. The van der Waals surface area contributed by atoms with Crippen molar-refractivity contribution in [1.82, 2.24) is 0 Å². The van der Waals surface area contributed by atoms with E-state index in [1.165, 1.54) is 19.3 Å². The summed E-state index contributed by atoms with van der Waals surface area (Å²) in [5, 5.41) is 0. The van der Waals surface area contributed by atoms with Crippen LogP contribution in [0.5, 0.6) is 0 Å². The van der Waals surface area contributed by atoms with Crippen LogP contribution < -0.4 is 0 Å². The molecule has 1 aliphatic heterocycles. The van der Waals surface area contributed by atoms with Gasteiger partial charge in [-0.15, -0.1) is 0 Å². The van der Waals surface area contributed by atoms with Crippen LogP contribution >= 0.6 is 11.8 Å². The van der Waals surface area contributed by atoms with E-state index in [0.717, 1.165) is 47.0 Å². The highest BCUT2D eigenvalue weighted by molar-refractivity contribution is 8.00. The van der Waals surface area contributed by atoms with Gasteiger partial charge in [0.1, 0.15) is 0 Å². The van der Waals surface area contributed by atoms with Gasteiger partial charge in [0.15, 0.2) is 4.93 Å². The Balaban J connectivity index is 1.50. The maximum atomic E-state index is 12.3. The van der Waals surface area contributed by atoms with Gasteiger partial charge >= 0.3 is 5.97 Å². The topological polar surface area (TPSA) is 26.3 Å². The largest absolute Gasteiger partial charge is 0.444 e. The Morgan fingerprint density at radius 3 is 2.55 bits per heavy atom. The summed E-state index contributed by atoms with van der Waals surface area (Å²) in [6, 6.07) is 7.90. The normalized spacial score (nSPS) is 44.5. The first-order chi connectivity index (χ1) is 9.74. The lowest BCUT2D eigenvalue weighted by atomic mass is 9.82. The summed E-state index contributed by atoms with van der Waals surface area (Å²) >= 11 is 1.82. The molecule has 104 valence electrons. The van der Waals surface area contributed by atoms with Gasteiger partial charge in [0.05, 0.1) is 5.56 Å². The fourth-order valence-corrected chi connectivity index (χ4v) is 6.78. The third-order valence-electron chi connectivity index (χ3n) is 6.05. The summed E-state index contributed by atoms with van der Waals surface area (Å²) in [5.74, 6) is 3.37. The molecule has 2 bridgehead atoms. The number of fused-ring (bicyclic) bond motifs is 6. The monoisotopic (exact) mass is 286 g/mol. The van der Waals surface area contributed by atoms with Crippen LogP contribution in [0.25, 0.3) is 0 Å². The lowest BCUT2D eigenvalue weighted by Gasteiger charge is -2.34. The van der Waals surface area contributed by atoms with E-state index >= 15 is 0 Å². The number of thioether (sulfide) groups is 1. The molecular formula is C17H18O2S. The zero-order valence-corrected chi connectivity index (χ0v) is 12.2. The van der Waals surface area contributed by atoms with Gasteiger partial charge in [0, 0.05) is 17.7 Å². The number of carbonyl (C=O) groups excluding carboxylic acids is 1. The molecule has 0 aromatic heterocycles. The van der Waals surface area contributed by atoms with Crippen LogP contribution in [-0.4, -0.2) is 10.9 Å². The highest BCUT2D eigenvalue weighted by Crippen LogP contribution is 2.65. The Kier molecular flexibility index (Phi) is 2.23. The predicted octanol–water partition coefficient (Wildman–Crippen LogP) is 4.10. The maximum Gasteiger partial charge on any atom is 0.340 e. The molecule has 1 spiro atoms. The van der Waals surface area contributed by atoms with E-state index in [1.807, 2.05) is 30.0 Å². The molecule has 3 fully saturated rings. The van der Waals surface area contributed by atoms with E-state index in [0.29, 0.717) is 0 Å². The van der Waals surface area contributed by atoms with Crippen molar-refractivity contribution in [3.05, 3.63) is 29.8 Å². The van der Waals surface area contributed by atoms with Gasteiger partial charge in [0.25, 0.3) is 0 Å². The quantitative estimate of drug-likeness (QED) is 0.672. The van der Waals surface area contributed by atoms with Crippen molar-refractivity contribution in [1.29, 1.82) is 0 Å². The highest BCUT2D eigenvalue weighted by Gasteiger charge is 2.59. The summed E-state index contributed by atoms with van der Waals surface area (Å²) in [6.07, 6.45) is 6.45. The van der Waals surface area contributed by atoms with Gasteiger partial charge in [-0.25, -0.2) is 4.79 Å². The van der Waals surface area contributed by atoms with Crippen molar-refractivity contribution >= 4 is 17.7 Å². The van der Waals surface area contributed by atoms with Crippen molar-refractivity contribution < 1.29 is 9.53 Å². The van der Waals surface area contributed by atoms with E-state index in [4.69, 9.17) is 4.74 Å². The summed E-state index contributed by atoms with van der Waals surface area (Å²) in [6.45, 7) is 0. The Labute approximate surface area is 123 Å². The van der Waals surface area contributed by atoms with Crippen molar-refractivity contribution in [2.75, 3.05) is 0 Å². The number of carbonyl (C=O) groups is 1. The van der Waals surface area contributed by atoms with Crippen LogP contribution in [0.15, 0.2) is 29.2 Å². The van der Waals surface area contributed by atoms with E-state index in [1.54, 1.807) is 0 Å². The predicted molar refractivity (Wildman–Crippen MR) is 77.5 cm³/mol. The summed E-state index contributed by atoms with van der Waals surface area (Å²) in [7, 11) is 0. The van der Waals surface area contributed by atoms with Crippen molar-refractivity contribution in [3.63, 3.8) is 0 Å². The first-order valence-corrected chi connectivity index (χ1v) is 8.57. The molecule has 4 aliphatic rings. The van der Waals surface area contributed by atoms with Gasteiger partial charge in [-0.2, -0.15) is 0 Å². The van der Waals surface area contributed by atoms with Crippen LogP contribution in [0.3, 0.4) is 0 Å². The van der Waals surface area contributed by atoms with E-state index in [2.05, 4.69) is 6.07 Å². The molecule has 5 rings (SSSR count). The zero-order valence-electron chi connectivity index (χ0n) is 11.4. The molecule has 3 aliphatic carbocycles. The fourth-order valence-electron chi connectivity index (χ4n) is 5.30. The third-order valence-corrected chi connectivity index (χ3v) is 7.41. The molecule has 1 aromatic rings. The van der Waals surface area contributed by atoms with Crippen molar-refractivity contribution in [2.24, 2.45) is 23.7 Å².